The van der Waals surface area contributed by atoms with Gasteiger partial charge in [-0.15, -0.1) is 0 Å². The predicted molar refractivity (Wildman–Crippen MR) is 115 cm³/mol. The second-order valence-corrected chi connectivity index (χ2v) is 7.30. The maximum absolute atomic E-state index is 12.9. The average molecular weight is 400 g/mol. The van der Waals surface area contributed by atoms with Gasteiger partial charge in [-0.3, -0.25) is 9.59 Å². The van der Waals surface area contributed by atoms with E-state index in [4.69, 9.17) is 4.74 Å². The van der Waals surface area contributed by atoms with Crippen LogP contribution in [0.2, 0.25) is 0 Å². The van der Waals surface area contributed by atoms with Gasteiger partial charge in [0.1, 0.15) is 5.75 Å². The molecular formula is C25H24N2O3. The highest BCUT2D eigenvalue weighted by Gasteiger charge is 2.25. The van der Waals surface area contributed by atoms with E-state index < -0.39 is 6.04 Å². The zero-order valence-corrected chi connectivity index (χ0v) is 16.6. The van der Waals surface area contributed by atoms with Crippen LogP contribution in [0.1, 0.15) is 46.4 Å². The molecule has 0 aliphatic carbocycles. The number of ether oxygens (including phenoxy) is 1. The molecule has 0 radical (unpaired) electrons. The van der Waals surface area contributed by atoms with Crippen molar-refractivity contribution >= 4 is 11.8 Å². The van der Waals surface area contributed by atoms with Crippen molar-refractivity contribution in [2.24, 2.45) is 0 Å². The van der Waals surface area contributed by atoms with Crippen molar-refractivity contribution in [2.75, 3.05) is 6.61 Å². The van der Waals surface area contributed by atoms with Gasteiger partial charge >= 0.3 is 0 Å². The lowest BCUT2D eigenvalue weighted by Gasteiger charge is -2.27. The van der Waals surface area contributed by atoms with Crippen LogP contribution in [-0.2, 0) is 4.79 Å². The highest BCUT2D eigenvalue weighted by molar-refractivity contribution is 5.94. The number of carbonyl (C=O) groups excluding carboxylic acids is 2. The lowest BCUT2D eigenvalue weighted by atomic mass is 9.99. The molecule has 1 aliphatic heterocycles. The Bertz CT molecular complexity index is 1010. The first-order valence-electron chi connectivity index (χ1n) is 10.1. The number of rotatable bonds is 6. The van der Waals surface area contributed by atoms with Crippen LogP contribution in [0.25, 0.3) is 0 Å². The van der Waals surface area contributed by atoms with Crippen molar-refractivity contribution in [3.63, 3.8) is 0 Å². The SMILES string of the molecule is O=C(C[C@@H](NC(=O)c1ccccc1)c1ccccc1)N[C@H]1CCOc2ccccc21. The summed E-state index contributed by atoms with van der Waals surface area (Å²) < 4.78 is 5.68. The summed E-state index contributed by atoms with van der Waals surface area (Å²) in [6.45, 7) is 0.564. The Morgan fingerprint density at radius 1 is 0.900 bits per heavy atom. The van der Waals surface area contributed by atoms with E-state index in [2.05, 4.69) is 10.6 Å². The summed E-state index contributed by atoms with van der Waals surface area (Å²) in [6, 6.07) is 25.9. The summed E-state index contributed by atoms with van der Waals surface area (Å²) in [6.07, 6.45) is 0.872. The molecule has 0 bridgehead atoms. The Morgan fingerprint density at radius 2 is 1.57 bits per heavy atom. The van der Waals surface area contributed by atoms with Crippen molar-refractivity contribution in [1.29, 1.82) is 0 Å². The van der Waals surface area contributed by atoms with Crippen molar-refractivity contribution < 1.29 is 14.3 Å². The molecule has 152 valence electrons. The number of fused-ring (bicyclic) bond motifs is 1. The zero-order valence-electron chi connectivity index (χ0n) is 16.6. The van der Waals surface area contributed by atoms with Gasteiger partial charge in [0, 0.05) is 17.5 Å². The third kappa shape index (κ3) is 4.69. The van der Waals surface area contributed by atoms with E-state index >= 15 is 0 Å². The molecule has 2 N–H and O–H groups in total. The molecule has 1 aliphatic rings. The van der Waals surface area contributed by atoms with Crippen LogP contribution in [0, 0.1) is 0 Å². The fourth-order valence-electron chi connectivity index (χ4n) is 3.70. The van der Waals surface area contributed by atoms with Crippen LogP contribution in [0.15, 0.2) is 84.9 Å². The molecule has 2 atom stereocenters. The fourth-order valence-corrected chi connectivity index (χ4v) is 3.70. The second-order valence-electron chi connectivity index (χ2n) is 7.30. The third-order valence-electron chi connectivity index (χ3n) is 5.23. The number of amides is 2. The molecule has 1 heterocycles. The first-order valence-corrected chi connectivity index (χ1v) is 10.1. The van der Waals surface area contributed by atoms with Crippen molar-refractivity contribution in [1.82, 2.24) is 10.6 Å². The minimum atomic E-state index is -0.422. The van der Waals surface area contributed by atoms with E-state index in [-0.39, 0.29) is 24.3 Å². The zero-order chi connectivity index (χ0) is 20.8. The maximum atomic E-state index is 12.9. The first-order chi connectivity index (χ1) is 14.7. The van der Waals surface area contributed by atoms with Crippen LogP contribution in [0.4, 0.5) is 0 Å². The molecule has 3 aromatic rings. The lowest BCUT2D eigenvalue weighted by molar-refractivity contribution is -0.122. The van der Waals surface area contributed by atoms with Gasteiger partial charge in [-0.1, -0.05) is 66.7 Å². The van der Waals surface area contributed by atoms with Gasteiger partial charge in [0.15, 0.2) is 0 Å². The van der Waals surface area contributed by atoms with Crippen molar-refractivity contribution in [2.45, 2.75) is 24.9 Å². The van der Waals surface area contributed by atoms with Crippen LogP contribution in [0.5, 0.6) is 5.75 Å². The second kappa shape index (κ2) is 9.27. The first kappa shape index (κ1) is 19.7. The number of benzene rings is 3. The molecule has 0 fully saturated rings. The van der Waals surface area contributed by atoms with E-state index in [1.54, 1.807) is 12.1 Å². The Morgan fingerprint density at radius 3 is 2.33 bits per heavy atom. The summed E-state index contributed by atoms with van der Waals surface area (Å²) >= 11 is 0. The number of hydrogen-bond acceptors (Lipinski definition) is 3. The molecule has 0 unspecified atom stereocenters. The largest absolute Gasteiger partial charge is 0.493 e. The topological polar surface area (TPSA) is 67.4 Å². The molecule has 5 nitrogen and oxygen atoms in total. The van der Waals surface area contributed by atoms with Gasteiger partial charge in [-0.05, 0) is 23.8 Å². The van der Waals surface area contributed by atoms with Gasteiger partial charge in [0.05, 0.1) is 25.1 Å². The van der Waals surface area contributed by atoms with Gasteiger partial charge in [-0.25, -0.2) is 0 Å². The molecule has 0 aromatic heterocycles. The van der Waals surface area contributed by atoms with Crippen LogP contribution in [-0.4, -0.2) is 18.4 Å². The molecule has 30 heavy (non-hydrogen) atoms. The maximum Gasteiger partial charge on any atom is 0.251 e. The molecule has 0 saturated carbocycles. The molecule has 0 spiro atoms. The summed E-state index contributed by atoms with van der Waals surface area (Å²) in [5, 5.41) is 6.13. The van der Waals surface area contributed by atoms with Crippen LogP contribution in [0.3, 0.4) is 0 Å². The number of nitrogens with one attached hydrogen (secondary N) is 2. The summed E-state index contributed by atoms with van der Waals surface area (Å²) in [5.41, 5.74) is 2.45. The smallest absolute Gasteiger partial charge is 0.251 e. The van der Waals surface area contributed by atoms with Gasteiger partial charge in [0.2, 0.25) is 5.91 Å². The number of carbonyl (C=O) groups is 2. The molecule has 2 amide bonds. The van der Waals surface area contributed by atoms with E-state index in [0.717, 1.165) is 23.3 Å². The van der Waals surface area contributed by atoms with Gasteiger partial charge in [-0.2, -0.15) is 0 Å². The van der Waals surface area contributed by atoms with E-state index in [1.165, 1.54) is 0 Å². The van der Waals surface area contributed by atoms with Crippen LogP contribution < -0.4 is 15.4 Å². The third-order valence-corrected chi connectivity index (χ3v) is 5.23. The van der Waals surface area contributed by atoms with Gasteiger partial charge in [0.25, 0.3) is 5.91 Å². The van der Waals surface area contributed by atoms with Crippen molar-refractivity contribution in [3.8, 4) is 5.75 Å². The lowest BCUT2D eigenvalue weighted by Crippen LogP contribution is -2.36. The molecule has 3 aromatic carbocycles. The molecular weight excluding hydrogens is 376 g/mol. The van der Waals surface area contributed by atoms with Crippen LogP contribution >= 0.6 is 0 Å². The van der Waals surface area contributed by atoms with E-state index in [0.29, 0.717) is 12.2 Å². The molecule has 5 heteroatoms. The number of hydrogen-bond donors (Lipinski definition) is 2. The van der Waals surface area contributed by atoms with E-state index in [9.17, 15) is 9.59 Å². The monoisotopic (exact) mass is 400 g/mol. The quantitative estimate of drug-likeness (QED) is 0.652. The summed E-state index contributed by atoms with van der Waals surface area (Å²) in [7, 11) is 0. The predicted octanol–water partition coefficient (Wildman–Crippen LogP) is 4.19. The summed E-state index contributed by atoms with van der Waals surface area (Å²) in [5.74, 6) is 0.499. The normalized spacial score (nSPS) is 15.9. The standard InChI is InChI=1S/C25H24N2O3/c28-24(26-21-15-16-30-23-14-8-7-13-20(21)23)17-22(18-9-3-1-4-10-18)27-25(29)19-11-5-2-6-12-19/h1-14,21-22H,15-17H2,(H,26,28)(H,27,29)/t21-,22+/m0/s1. The fraction of sp³-hybridized carbons (Fsp3) is 0.200. The van der Waals surface area contributed by atoms with Gasteiger partial charge < -0.3 is 15.4 Å². The highest BCUT2D eigenvalue weighted by Crippen LogP contribution is 2.31. The highest BCUT2D eigenvalue weighted by atomic mass is 16.5. The van der Waals surface area contributed by atoms with E-state index in [1.807, 2.05) is 72.8 Å². The Hall–Kier alpha value is -3.60. The minimum Gasteiger partial charge on any atom is -0.493 e. The Kier molecular flexibility index (Phi) is 6.09. The average Bonchev–Trinajstić information content (AvgIpc) is 2.80. The summed E-state index contributed by atoms with van der Waals surface area (Å²) in [4.78, 5) is 25.6. The minimum absolute atomic E-state index is 0.0938. The number of para-hydroxylation sites is 1. The molecule has 0 saturated heterocycles. The Balaban J connectivity index is 1.48. The molecule has 4 rings (SSSR count). The van der Waals surface area contributed by atoms with Crippen molar-refractivity contribution in [3.05, 3.63) is 102 Å². The Labute approximate surface area is 176 Å².